The summed E-state index contributed by atoms with van der Waals surface area (Å²) in [7, 11) is 1.77. The lowest BCUT2D eigenvalue weighted by Crippen LogP contribution is -2.60. The first-order valence-electron chi connectivity index (χ1n) is 14.6. The second-order valence-corrected chi connectivity index (χ2v) is 13.0. The summed E-state index contributed by atoms with van der Waals surface area (Å²) in [5.74, 6) is -0.968. The molecule has 3 aliphatic heterocycles. The fourth-order valence-electron chi connectivity index (χ4n) is 7.63. The molecular weight excluding hydrogens is 621 g/mol. The number of hydrogen-bond acceptors (Lipinski definition) is 8. The second-order valence-electron chi connectivity index (χ2n) is 12.6. The van der Waals surface area contributed by atoms with Gasteiger partial charge in [0.2, 0.25) is 12.4 Å². The number of alkyl halides is 4. The van der Waals surface area contributed by atoms with Crippen LogP contribution >= 0.6 is 11.6 Å². The van der Waals surface area contributed by atoms with E-state index in [4.69, 9.17) is 33.4 Å². The van der Waals surface area contributed by atoms with Crippen molar-refractivity contribution in [2.75, 3.05) is 50.5 Å². The van der Waals surface area contributed by atoms with Gasteiger partial charge in [0.25, 0.3) is 0 Å². The Morgan fingerprint density at radius 3 is 2.73 bits per heavy atom. The SMILES string of the molecule is [C-]#[N+]CC1CC2(COc3nc(-c4cc(N)cc(Cl)c4C(F)(F)F)c(F)c4nc(OC[C@@]56CCCN5C[C@H](F)C6)nc(c34)N2C)C1. The summed E-state index contributed by atoms with van der Waals surface area (Å²) in [5, 5.41) is -0.634. The molecule has 15 heteroatoms. The quantitative estimate of drug-likeness (QED) is 0.206. The molecule has 45 heavy (non-hydrogen) atoms. The van der Waals surface area contributed by atoms with Gasteiger partial charge in [0.1, 0.15) is 41.8 Å². The Morgan fingerprint density at radius 2 is 2.00 bits per heavy atom. The maximum atomic E-state index is 16.6. The summed E-state index contributed by atoms with van der Waals surface area (Å²) >= 11 is 6.00. The van der Waals surface area contributed by atoms with Gasteiger partial charge in [-0.2, -0.15) is 23.1 Å². The molecule has 0 amide bonds. The van der Waals surface area contributed by atoms with Crippen LogP contribution in [0.15, 0.2) is 12.1 Å². The lowest BCUT2D eigenvalue weighted by atomic mass is 9.67. The van der Waals surface area contributed by atoms with E-state index in [0.29, 0.717) is 25.9 Å². The lowest BCUT2D eigenvalue weighted by Gasteiger charge is -2.50. The van der Waals surface area contributed by atoms with E-state index in [0.717, 1.165) is 31.5 Å². The number of pyridine rings is 1. The molecule has 5 heterocycles. The molecule has 4 aliphatic rings. The molecular formula is C30H29ClF5N7O2. The van der Waals surface area contributed by atoms with Crippen LogP contribution in [0, 0.1) is 18.3 Å². The monoisotopic (exact) mass is 649 g/mol. The Labute approximate surface area is 260 Å². The molecule has 0 radical (unpaired) electrons. The Hall–Kier alpha value is -3.70. The van der Waals surface area contributed by atoms with Crippen molar-refractivity contribution in [3.63, 3.8) is 0 Å². The van der Waals surface area contributed by atoms with Crippen LogP contribution in [0.2, 0.25) is 5.02 Å². The minimum atomic E-state index is -4.96. The molecule has 1 aromatic carbocycles. The highest BCUT2D eigenvalue weighted by atomic mass is 35.5. The predicted octanol–water partition coefficient (Wildman–Crippen LogP) is 5.94. The smallest absolute Gasteiger partial charge is 0.418 e. The number of likely N-dealkylation sites (N-methyl/N-ethyl adjacent to an activating group) is 1. The van der Waals surface area contributed by atoms with Gasteiger partial charge in [0, 0.05) is 37.2 Å². The van der Waals surface area contributed by atoms with Crippen molar-refractivity contribution < 1.29 is 31.4 Å². The number of rotatable bonds is 5. The van der Waals surface area contributed by atoms with Gasteiger partial charge in [-0.15, -0.1) is 0 Å². The van der Waals surface area contributed by atoms with Crippen molar-refractivity contribution in [2.45, 2.75) is 55.5 Å². The van der Waals surface area contributed by atoms with Crippen molar-refractivity contribution in [2.24, 2.45) is 5.92 Å². The Bertz CT molecular complexity index is 1740. The van der Waals surface area contributed by atoms with Crippen molar-refractivity contribution in [3.8, 4) is 23.1 Å². The number of halogens is 6. The summed E-state index contributed by atoms with van der Waals surface area (Å²) < 4.78 is 85.9. The van der Waals surface area contributed by atoms with Gasteiger partial charge in [-0.3, -0.25) is 4.90 Å². The second kappa shape index (κ2) is 10.4. The zero-order chi connectivity index (χ0) is 31.9. The van der Waals surface area contributed by atoms with Crippen LogP contribution in [-0.4, -0.2) is 77.0 Å². The summed E-state index contributed by atoms with van der Waals surface area (Å²) in [6, 6.07) is 1.70. The number of nitrogens with zero attached hydrogens (tertiary/aromatic N) is 6. The molecule has 3 fully saturated rings. The molecule has 238 valence electrons. The molecule has 2 aromatic heterocycles. The van der Waals surface area contributed by atoms with E-state index in [1.807, 2.05) is 4.90 Å². The molecule has 7 rings (SSSR count). The summed E-state index contributed by atoms with van der Waals surface area (Å²) in [5.41, 5.74) is 1.56. The number of fused-ring (bicyclic) bond motifs is 1. The van der Waals surface area contributed by atoms with Gasteiger partial charge in [-0.05, 0) is 44.4 Å². The van der Waals surface area contributed by atoms with Crippen molar-refractivity contribution >= 4 is 34.0 Å². The van der Waals surface area contributed by atoms with Crippen molar-refractivity contribution in [3.05, 3.63) is 40.0 Å². The molecule has 1 saturated carbocycles. The van der Waals surface area contributed by atoms with Gasteiger partial charge in [-0.1, -0.05) is 11.6 Å². The Kier molecular flexibility index (Phi) is 6.94. The standard InChI is InChI=1S/C30H29ClF5N7O2/c1-38-11-15-8-29(9-15)14-44-26-20-24(22(33)23(39-26)18-6-17(37)7-19(31)21(18)30(34,35)36)40-27(41-25(20)42(29)2)45-13-28-4-3-5-43(28)12-16(32)10-28/h6-7,15-16H,3-5,8-14,37H2,2H3/t15?,16-,28+,29?/m1/s1. The zero-order valence-electron chi connectivity index (χ0n) is 24.2. The predicted molar refractivity (Wildman–Crippen MR) is 157 cm³/mol. The van der Waals surface area contributed by atoms with E-state index in [1.165, 1.54) is 0 Å². The average Bonchev–Trinajstić information content (AvgIpc) is 3.43. The highest BCUT2D eigenvalue weighted by Gasteiger charge is 2.53. The average molecular weight is 650 g/mol. The molecule has 2 saturated heterocycles. The van der Waals surface area contributed by atoms with Gasteiger partial charge in [0.15, 0.2) is 5.82 Å². The zero-order valence-corrected chi connectivity index (χ0v) is 25.0. The van der Waals surface area contributed by atoms with Gasteiger partial charge >= 0.3 is 12.2 Å². The third-order valence-electron chi connectivity index (χ3n) is 9.79. The number of benzene rings is 1. The molecule has 3 aromatic rings. The van der Waals surface area contributed by atoms with E-state index in [-0.39, 0.29) is 59.9 Å². The van der Waals surface area contributed by atoms with Gasteiger partial charge in [-0.25, -0.2) is 20.3 Å². The molecule has 2 atom stereocenters. The maximum Gasteiger partial charge on any atom is 0.418 e. The lowest BCUT2D eigenvalue weighted by molar-refractivity contribution is -0.137. The fraction of sp³-hybridized carbons (Fsp3) is 0.533. The van der Waals surface area contributed by atoms with Crippen LogP contribution in [-0.2, 0) is 6.18 Å². The van der Waals surface area contributed by atoms with E-state index >= 15 is 4.39 Å². The minimum absolute atomic E-state index is 0.0618. The van der Waals surface area contributed by atoms with Crippen LogP contribution in [0.4, 0.5) is 33.5 Å². The largest absolute Gasteiger partial charge is 0.475 e. The van der Waals surface area contributed by atoms with Crippen LogP contribution in [0.5, 0.6) is 11.9 Å². The number of nitrogen functional groups attached to an aromatic ring is 1. The van der Waals surface area contributed by atoms with Crippen LogP contribution in [0.1, 0.15) is 37.7 Å². The van der Waals surface area contributed by atoms with Crippen LogP contribution < -0.4 is 20.1 Å². The van der Waals surface area contributed by atoms with Crippen LogP contribution in [0.25, 0.3) is 27.0 Å². The highest BCUT2D eigenvalue weighted by Crippen LogP contribution is 2.51. The molecule has 0 unspecified atom stereocenters. The third kappa shape index (κ3) is 4.77. The molecule has 2 N–H and O–H groups in total. The minimum Gasteiger partial charge on any atom is -0.475 e. The summed E-state index contributed by atoms with van der Waals surface area (Å²) in [6.07, 6.45) is -2.91. The van der Waals surface area contributed by atoms with Gasteiger partial charge < -0.3 is 25.0 Å². The Morgan fingerprint density at radius 1 is 1.22 bits per heavy atom. The van der Waals surface area contributed by atoms with Crippen molar-refractivity contribution in [1.29, 1.82) is 0 Å². The molecule has 9 nitrogen and oxygen atoms in total. The Balaban J connectivity index is 1.39. The number of anilines is 2. The van der Waals surface area contributed by atoms with Gasteiger partial charge in [0.05, 0.1) is 21.7 Å². The van der Waals surface area contributed by atoms with Crippen molar-refractivity contribution in [1.82, 2.24) is 19.9 Å². The molecule has 1 aliphatic carbocycles. The normalized spacial score (nSPS) is 27.6. The van der Waals surface area contributed by atoms with E-state index in [2.05, 4.69) is 24.7 Å². The highest BCUT2D eigenvalue weighted by molar-refractivity contribution is 6.32. The topological polar surface area (TPSA) is 94.0 Å². The number of aromatic nitrogens is 3. The summed E-state index contributed by atoms with van der Waals surface area (Å²) in [6.45, 7) is 8.76. The first kappa shape index (κ1) is 30.0. The number of hydrogen-bond donors (Lipinski definition) is 1. The fourth-order valence-corrected chi connectivity index (χ4v) is 7.97. The van der Waals surface area contributed by atoms with E-state index < -0.39 is 51.1 Å². The summed E-state index contributed by atoms with van der Waals surface area (Å²) in [4.78, 5) is 20.7. The molecule has 0 bridgehead atoms. The maximum absolute atomic E-state index is 16.6. The first-order valence-corrected chi connectivity index (χ1v) is 15.0. The van der Waals surface area contributed by atoms with Crippen LogP contribution in [0.3, 0.4) is 0 Å². The number of nitrogens with two attached hydrogens (primary N) is 1. The third-order valence-corrected chi connectivity index (χ3v) is 10.1. The first-order chi connectivity index (χ1) is 21.3. The number of ether oxygens (including phenoxy) is 2. The van der Waals surface area contributed by atoms with E-state index in [9.17, 15) is 17.6 Å². The van der Waals surface area contributed by atoms with E-state index in [1.54, 1.807) is 7.05 Å². The molecule has 1 spiro atoms.